The second-order valence-electron chi connectivity index (χ2n) is 4.81. The fraction of sp³-hybridized carbons (Fsp3) is 0.533. The molecule has 20 heavy (non-hydrogen) atoms. The summed E-state index contributed by atoms with van der Waals surface area (Å²) in [5.74, 6) is -1.03. The van der Waals surface area contributed by atoms with E-state index >= 15 is 0 Å². The zero-order valence-corrected chi connectivity index (χ0v) is 11.6. The van der Waals surface area contributed by atoms with Crippen LogP contribution < -0.4 is 4.74 Å². The van der Waals surface area contributed by atoms with Gasteiger partial charge >= 0.3 is 5.97 Å². The van der Waals surface area contributed by atoms with Crippen molar-refractivity contribution in [3.05, 3.63) is 23.9 Å². The minimum absolute atomic E-state index is 0.181. The molecule has 1 aromatic rings. The fourth-order valence-electron chi connectivity index (χ4n) is 2.25. The second kappa shape index (κ2) is 7.03. The summed E-state index contributed by atoms with van der Waals surface area (Å²) in [7, 11) is 0. The van der Waals surface area contributed by atoms with Gasteiger partial charge in [0, 0.05) is 17.8 Å². The Morgan fingerprint density at radius 2 is 2.00 bits per heavy atom. The van der Waals surface area contributed by atoms with Gasteiger partial charge in [0.2, 0.25) is 5.88 Å². The maximum atomic E-state index is 11.7. The number of hydrogen-bond acceptors (Lipinski definition) is 5. The van der Waals surface area contributed by atoms with Crippen molar-refractivity contribution in [1.82, 2.24) is 4.98 Å². The van der Waals surface area contributed by atoms with Crippen molar-refractivity contribution < 1.29 is 19.1 Å². The number of nitrogens with zero attached hydrogens (tertiary/aromatic N) is 1. The topological polar surface area (TPSA) is 65.5 Å². The van der Waals surface area contributed by atoms with Gasteiger partial charge in [-0.25, -0.2) is 9.78 Å². The fourth-order valence-corrected chi connectivity index (χ4v) is 2.25. The Bertz CT molecular complexity index is 463. The molecule has 0 unspecified atom stereocenters. The van der Waals surface area contributed by atoms with Crippen LogP contribution in [0.3, 0.4) is 0 Å². The van der Waals surface area contributed by atoms with E-state index in [9.17, 15) is 9.59 Å². The van der Waals surface area contributed by atoms with Gasteiger partial charge in [-0.15, -0.1) is 0 Å². The molecule has 1 heterocycles. The maximum Gasteiger partial charge on any atom is 0.379 e. The highest BCUT2D eigenvalue weighted by Gasteiger charge is 2.19. The van der Waals surface area contributed by atoms with Gasteiger partial charge < -0.3 is 9.47 Å². The summed E-state index contributed by atoms with van der Waals surface area (Å²) in [6, 6.07) is 3.17. The molecule has 0 aromatic carbocycles. The first-order chi connectivity index (χ1) is 9.70. The van der Waals surface area contributed by atoms with Gasteiger partial charge in [-0.3, -0.25) is 4.79 Å². The van der Waals surface area contributed by atoms with E-state index in [1.165, 1.54) is 25.5 Å². The SMILES string of the molecule is CCOC(=O)C(=O)c1ccc(OC2CCCCC2)nc1. The molecule has 0 bridgehead atoms. The molecule has 1 aliphatic carbocycles. The molecule has 0 N–H and O–H groups in total. The van der Waals surface area contributed by atoms with Crippen molar-refractivity contribution in [2.24, 2.45) is 0 Å². The van der Waals surface area contributed by atoms with Gasteiger partial charge in [0.25, 0.3) is 5.78 Å². The van der Waals surface area contributed by atoms with Crippen LogP contribution in [0.2, 0.25) is 0 Å². The summed E-state index contributed by atoms with van der Waals surface area (Å²) >= 11 is 0. The highest BCUT2D eigenvalue weighted by molar-refractivity contribution is 6.40. The van der Waals surface area contributed by atoms with Gasteiger partial charge in [0.1, 0.15) is 6.10 Å². The summed E-state index contributed by atoms with van der Waals surface area (Å²) in [6.45, 7) is 1.84. The van der Waals surface area contributed by atoms with E-state index in [0.717, 1.165) is 12.8 Å². The molecule has 5 nitrogen and oxygen atoms in total. The average molecular weight is 277 g/mol. The number of ether oxygens (including phenoxy) is 2. The van der Waals surface area contributed by atoms with Crippen LogP contribution in [0.15, 0.2) is 18.3 Å². The molecule has 1 aliphatic rings. The molecule has 0 spiro atoms. The number of pyridine rings is 1. The predicted molar refractivity (Wildman–Crippen MR) is 72.7 cm³/mol. The Hall–Kier alpha value is -1.91. The van der Waals surface area contributed by atoms with Gasteiger partial charge in [-0.1, -0.05) is 6.42 Å². The van der Waals surface area contributed by atoms with Crippen molar-refractivity contribution in [2.75, 3.05) is 6.61 Å². The maximum absolute atomic E-state index is 11.7. The molecule has 108 valence electrons. The van der Waals surface area contributed by atoms with Crippen LogP contribution in [-0.2, 0) is 9.53 Å². The number of hydrogen-bond donors (Lipinski definition) is 0. The standard InChI is InChI=1S/C15H19NO4/c1-2-19-15(18)14(17)11-8-9-13(16-10-11)20-12-6-4-3-5-7-12/h8-10,12H,2-7H2,1H3. The Labute approximate surface area is 118 Å². The van der Waals surface area contributed by atoms with Crippen LogP contribution in [0.1, 0.15) is 49.4 Å². The van der Waals surface area contributed by atoms with E-state index in [0.29, 0.717) is 5.88 Å². The minimum atomic E-state index is -0.852. The van der Waals surface area contributed by atoms with E-state index < -0.39 is 11.8 Å². The zero-order chi connectivity index (χ0) is 14.4. The first-order valence-corrected chi connectivity index (χ1v) is 7.05. The Morgan fingerprint density at radius 3 is 2.60 bits per heavy atom. The largest absolute Gasteiger partial charge is 0.474 e. The van der Waals surface area contributed by atoms with Crippen LogP contribution in [0.5, 0.6) is 5.88 Å². The molecule has 0 saturated heterocycles. The van der Waals surface area contributed by atoms with Gasteiger partial charge in [-0.2, -0.15) is 0 Å². The Kier molecular flexibility index (Phi) is 5.09. The smallest absolute Gasteiger partial charge is 0.379 e. The summed E-state index contributed by atoms with van der Waals surface area (Å²) in [5.41, 5.74) is 0.222. The van der Waals surface area contributed by atoms with Crippen LogP contribution in [0.4, 0.5) is 0 Å². The number of rotatable bonds is 5. The molecule has 2 rings (SSSR count). The van der Waals surface area contributed by atoms with Crippen molar-refractivity contribution in [3.8, 4) is 5.88 Å². The van der Waals surface area contributed by atoms with Gasteiger partial charge in [0.05, 0.1) is 6.61 Å². The lowest BCUT2D eigenvalue weighted by Crippen LogP contribution is -2.20. The van der Waals surface area contributed by atoms with E-state index in [2.05, 4.69) is 9.72 Å². The third-order valence-electron chi connectivity index (χ3n) is 3.30. The molecule has 1 fully saturated rings. The molecule has 0 aliphatic heterocycles. The second-order valence-corrected chi connectivity index (χ2v) is 4.81. The summed E-state index contributed by atoms with van der Waals surface area (Å²) in [6.07, 6.45) is 7.30. The summed E-state index contributed by atoms with van der Waals surface area (Å²) in [4.78, 5) is 27.1. The average Bonchev–Trinajstić information content (AvgIpc) is 2.48. The Balaban J connectivity index is 1.95. The highest BCUT2D eigenvalue weighted by Crippen LogP contribution is 2.22. The van der Waals surface area contributed by atoms with Crippen molar-refractivity contribution in [1.29, 1.82) is 0 Å². The van der Waals surface area contributed by atoms with Crippen LogP contribution in [0.25, 0.3) is 0 Å². The number of Topliss-reactive ketones (excluding diaryl/α,β-unsaturated/α-hetero) is 1. The molecule has 0 amide bonds. The van der Waals surface area contributed by atoms with E-state index in [1.54, 1.807) is 19.1 Å². The summed E-state index contributed by atoms with van der Waals surface area (Å²) < 4.78 is 10.4. The molecular weight excluding hydrogens is 258 g/mol. The molecular formula is C15H19NO4. The van der Waals surface area contributed by atoms with Crippen LogP contribution >= 0.6 is 0 Å². The normalized spacial score (nSPS) is 15.7. The van der Waals surface area contributed by atoms with E-state index in [1.807, 2.05) is 0 Å². The molecule has 5 heteroatoms. The first-order valence-electron chi connectivity index (χ1n) is 7.05. The summed E-state index contributed by atoms with van der Waals surface area (Å²) in [5, 5.41) is 0. The zero-order valence-electron chi connectivity index (χ0n) is 11.6. The number of carbonyl (C=O) groups is 2. The molecule has 0 atom stereocenters. The highest BCUT2D eigenvalue weighted by atomic mass is 16.5. The van der Waals surface area contributed by atoms with Crippen molar-refractivity contribution in [2.45, 2.75) is 45.1 Å². The monoisotopic (exact) mass is 277 g/mol. The quantitative estimate of drug-likeness (QED) is 0.470. The number of aromatic nitrogens is 1. The lowest BCUT2D eigenvalue weighted by Gasteiger charge is -2.22. The van der Waals surface area contributed by atoms with Crippen molar-refractivity contribution in [3.63, 3.8) is 0 Å². The van der Waals surface area contributed by atoms with Crippen molar-refractivity contribution >= 4 is 11.8 Å². The van der Waals surface area contributed by atoms with Gasteiger partial charge in [-0.05, 0) is 38.7 Å². The lowest BCUT2D eigenvalue weighted by atomic mass is 9.98. The molecule has 0 radical (unpaired) electrons. The third-order valence-corrected chi connectivity index (χ3v) is 3.30. The number of ketones is 1. The number of carbonyl (C=O) groups excluding carboxylic acids is 2. The Morgan fingerprint density at radius 1 is 1.25 bits per heavy atom. The van der Waals surface area contributed by atoms with E-state index in [4.69, 9.17) is 4.74 Å². The molecule has 1 aromatic heterocycles. The number of esters is 1. The predicted octanol–water partition coefficient (Wildman–Crippen LogP) is 2.54. The van der Waals surface area contributed by atoms with Crippen LogP contribution in [0, 0.1) is 0 Å². The minimum Gasteiger partial charge on any atom is -0.474 e. The van der Waals surface area contributed by atoms with Crippen LogP contribution in [-0.4, -0.2) is 29.4 Å². The van der Waals surface area contributed by atoms with E-state index in [-0.39, 0.29) is 18.3 Å². The first kappa shape index (κ1) is 14.5. The lowest BCUT2D eigenvalue weighted by molar-refractivity contribution is -0.137. The molecule has 1 saturated carbocycles. The third kappa shape index (κ3) is 3.79. The van der Waals surface area contributed by atoms with Gasteiger partial charge in [0.15, 0.2) is 0 Å².